The van der Waals surface area contributed by atoms with Crippen molar-refractivity contribution in [3.05, 3.63) is 36.3 Å². The van der Waals surface area contributed by atoms with E-state index in [9.17, 15) is 0 Å². The van der Waals surface area contributed by atoms with Gasteiger partial charge in [-0.25, -0.2) is 15.0 Å². The number of piperidine rings is 1. The van der Waals surface area contributed by atoms with Crippen molar-refractivity contribution in [3.63, 3.8) is 0 Å². The zero-order valence-electron chi connectivity index (χ0n) is 15.1. The molecule has 0 bridgehead atoms. The van der Waals surface area contributed by atoms with E-state index in [4.69, 9.17) is 0 Å². The molecule has 3 heterocycles. The Morgan fingerprint density at radius 3 is 2.88 bits per heavy atom. The summed E-state index contributed by atoms with van der Waals surface area (Å²) >= 11 is 0. The summed E-state index contributed by atoms with van der Waals surface area (Å²) in [6.45, 7) is 6.29. The standard InChI is InChI=1S/C18H28N6/c1-13(2)18-20-8-7-16(22-18)21-10-14-6-5-9-23(3)17(14)15-11-19-12-24(15)4/h7-8,11-14,17H,5-6,9-10H2,1-4H3,(H,20,21,22)/t14-,17+/m0/s1. The second-order valence-corrected chi connectivity index (χ2v) is 7.09. The Morgan fingerprint density at radius 1 is 1.33 bits per heavy atom. The highest BCUT2D eigenvalue weighted by Crippen LogP contribution is 2.34. The molecule has 0 spiro atoms. The summed E-state index contributed by atoms with van der Waals surface area (Å²) in [5, 5.41) is 3.53. The first-order valence-corrected chi connectivity index (χ1v) is 8.79. The molecule has 1 fully saturated rings. The molecule has 6 nitrogen and oxygen atoms in total. The Kier molecular flexibility index (Phi) is 5.14. The van der Waals surface area contributed by atoms with Crippen LogP contribution in [0.25, 0.3) is 0 Å². The lowest BCUT2D eigenvalue weighted by molar-refractivity contribution is 0.122. The molecule has 2 aromatic heterocycles. The first-order valence-electron chi connectivity index (χ1n) is 8.79. The van der Waals surface area contributed by atoms with E-state index >= 15 is 0 Å². The van der Waals surface area contributed by atoms with Crippen LogP contribution in [-0.4, -0.2) is 44.6 Å². The zero-order chi connectivity index (χ0) is 17.1. The minimum absolute atomic E-state index is 0.342. The van der Waals surface area contributed by atoms with E-state index in [-0.39, 0.29) is 0 Å². The van der Waals surface area contributed by atoms with Gasteiger partial charge in [0.1, 0.15) is 11.6 Å². The van der Waals surface area contributed by atoms with Crippen LogP contribution >= 0.6 is 0 Å². The van der Waals surface area contributed by atoms with Crippen molar-refractivity contribution in [1.82, 2.24) is 24.4 Å². The fourth-order valence-corrected chi connectivity index (χ4v) is 3.58. The van der Waals surface area contributed by atoms with Crippen molar-refractivity contribution >= 4 is 5.82 Å². The third-order valence-corrected chi connectivity index (χ3v) is 4.90. The molecule has 2 atom stereocenters. The molecule has 6 heteroatoms. The molecule has 3 rings (SSSR count). The van der Waals surface area contributed by atoms with Crippen LogP contribution in [-0.2, 0) is 7.05 Å². The highest BCUT2D eigenvalue weighted by atomic mass is 15.2. The Hall–Kier alpha value is -1.95. The van der Waals surface area contributed by atoms with E-state index in [1.54, 1.807) is 0 Å². The monoisotopic (exact) mass is 328 g/mol. The number of nitrogens with zero attached hydrogens (tertiary/aromatic N) is 5. The van der Waals surface area contributed by atoms with Gasteiger partial charge in [-0.05, 0) is 38.4 Å². The van der Waals surface area contributed by atoms with Crippen LogP contribution in [0.3, 0.4) is 0 Å². The van der Waals surface area contributed by atoms with Gasteiger partial charge in [-0.2, -0.15) is 0 Å². The van der Waals surface area contributed by atoms with E-state index in [1.165, 1.54) is 18.5 Å². The smallest absolute Gasteiger partial charge is 0.133 e. The average molecular weight is 328 g/mol. The SMILES string of the molecule is CC(C)c1nccc(NC[C@@H]2CCCN(C)[C@H]2c2cncn2C)n1. The van der Waals surface area contributed by atoms with Gasteiger partial charge in [0.05, 0.1) is 18.1 Å². The van der Waals surface area contributed by atoms with Gasteiger partial charge in [0.25, 0.3) is 0 Å². The number of aromatic nitrogens is 4. The molecule has 1 N–H and O–H groups in total. The van der Waals surface area contributed by atoms with Crippen molar-refractivity contribution in [3.8, 4) is 0 Å². The van der Waals surface area contributed by atoms with Gasteiger partial charge in [0.2, 0.25) is 0 Å². The van der Waals surface area contributed by atoms with Crippen LogP contribution in [0.4, 0.5) is 5.82 Å². The summed E-state index contributed by atoms with van der Waals surface area (Å²) in [5.41, 5.74) is 1.29. The van der Waals surface area contributed by atoms with Gasteiger partial charge in [-0.1, -0.05) is 13.8 Å². The molecule has 0 unspecified atom stereocenters. The molecule has 1 aliphatic heterocycles. The van der Waals surface area contributed by atoms with Crippen molar-refractivity contribution < 1.29 is 0 Å². The molecule has 0 radical (unpaired) electrons. The van der Waals surface area contributed by atoms with Crippen LogP contribution < -0.4 is 5.32 Å². The summed E-state index contributed by atoms with van der Waals surface area (Å²) in [6, 6.07) is 2.35. The minimum atomic E-state index is 0.342. The number of rotatable bonds is 5. The Morgan fingerprint density at radius 2 is 2.17 bits per heavy atom. The van der Waals surface area contributed by atoms with Crippen LogP contribution in [0, 0.1) is 5.92 Å². The van der Waals surface area contributed by atoms with Crippen molar-refractivity contribution in [1.29, 1.82) is 0 Å². The van der Waals surface area contributed by atoms with E-state index < -0.39 is 0 Å². The molecule has 2 aromatic rings. The third-order valence-electron chi connectivity index (χ3n) is 4.90. The highest BCUT2D eigenvalue weighted by Gasteiger charge is 2.32. The number of hydrogen-bond donors (Lipinski definition) is 1. The third kappa shape index (κ3) is 3.59. The number of likely N-dealkylation sites (tertiary alicyclic amines) is 1. The maximum absolute atomic E-state index is 4.63. The first-order chi connectivity index (χ1) is 11.6. The van der Waals surface area contributed by atoms with Crippen molar-refractivity contribution in [2.45, 2.75) is 38.6 Å². The van der Waals surface area contributed by atoms with Crippen molar-refractivity contribution in [2.75, 3.05) is 25.5 Å². The largest absolute Gasteiger partial charge is 0.370 e. The molecular formula is C18H28N6. The molecule has 0 amide bonds. The summed E-state index contributed by atoms with van der Waals surface area (Å²) in [6.07, 6.45) is 8.19. The van der Waals surface area contributed by atoms with Gasteiger partial charge in [0.15, 0.2) is 0 Å². The summed E-state index contributed by atoms with van der Waals surface area (Å²) < 4.78 is 2.14. The Bertz CT molecular complexity index is 665. The second kappa shape index (κ2) is 7.30. The predicted molar refractivity (Wildman–Crippen MR) is 95.9 cm³/mol. The van der Waals surface area contributed by atoms with E-state index in [0.29, 0.717) is 17.9 Å². The molecule has 1 aliphatic rings. The van der Waals surface area contributed by atoms with E-state index in [1.807, 2.05) is 24.8 Å². The molecule has 24 heavy (non-hydrogen) atoms. The molecule has 0 aromatic carbocycles. The molecule has 130 valence electrons. The van der Waals surface area contributed by atoms with Gasteiger partial charge >= 0.3 is 0 Å². The van der Waals surface area contributed by atoms with Gasteiger partial charge < -0.3 is 9.88 Å². The maximum Gasteiger partial charge on any atom is 0.133 e. The van der Waals surface area contributed by atoms with Gasteiger partial charge in [0, 0.05) is 31.9 Å². The van der Waals surface area contributed by atoms with Gasteiger partial charge in [-0.15, -0.1) is 0 Å². The molecule has 0 saturated carbocycles. The average Bonchev–Trinajstić information content (AvgIpc) is 2.99. The number of aryl methyl sites for hydroxylation is 1. The van der Waals surface area contributed by atoms with E-state index in [0.717, 1.165) is 24.7 Å². The molecule has 1 saturated heterocycles. The summed E-state index contributed by atoms with van der Waals surface area (Å²) in [5.74, 6) is 2.70. The number of nitrogens with one attached hydrogen (secondary N) is 1. The van der Waals surface area contributed by atoms with Crippen LogP contribution in [0.5, 0.6) is 0 Å². The number of anilines is 1. The first kappa shape index (κ1) is 16.9. The van der Waals surface area contributed by atoms with Gasteiger partial charge in [-0.3, -0.25) is 4.90 Å². The van der Waals surface area contributed by atoms with Crippen LogP contribution in [0.2, 0.25) is 0 Å². The topological polar surface area (TPSA) is 58.9 Å². The van der Waals surface area contributed by atoms with Crippen LogP contribution in [0.15, 0.2) is 24.8 Å². The highest BCUT2D eigenvalue weighted by molar-refractivity contribution is 5.33. The summed E-state index contributed by atoms with van der Waals surface area (Å²) in [7, 11) is 4.29. The zero-order valence-corrected chi connectivity index (χ0v) is 15.1. The van der Waals surface area contributed by atoms with Crippen molar-refractivity contribution in [2.24, 2.45) is 13.0 Å². The minimum Gasteiger partial charge on any atom is -0.370 e. The predicted octanol–water partition coefficient (Wildman–Crippen LogP) is 2.83. The fourth-order valence-electron chi connectivity index (χ4n) is 3.58. The van der Waals surface area contributed by atoms with Crippen LogP contribution in [0.1, 0.15) is 50.2 Å². The second-order valence-electron chi connectivity index (χ2n) is 7.09. The lowest BCUT2D eigenvalue weighted by atomic mass is 9.87. The maximum atomic E-state index is 4.63. The number of hydrogen-bond acceptors (Lipinski definition) is 5. The van der Waals surface area contributed by atoms with E-state index in [2.05, 4.69) is 57.7 Å². The molecular weight excluding hydrogens is 300 g/mol. The summed E-state index contributed by atoms with van der Waals surface area (Å²) in [4.78, 5) is 15.7. The molecule has 0 aliphatic carbocycles. The lowest BCUT2D eigenvalue weighted by Crippen LogP contribution is -2.39. The quantitative estimate of drug-likeness (QED) is 0.914. The fraction of sp³-hybridized carbons (Fsp3) is 0.611. The Balaban J connectivity index is 1.73. The Labute approximate surface area is 144 Å². The number of imidazole rings is 1. The normalized spacial score (nSPS) is 22.0. The lowest BCUT2D eigenvalue weighted by Gasteiger charge is -2.39.